The maximum Gasteiger partial charge on any atom is 0.251 e. The molecule has 0 spiro atoms. The molecule has 3 heterocycles. The van der Waals surface area contributed by atoms with Crippen molar-refractivity contribution in [2.75, 3.05) is 49.0 Å². The zero-order chi connectivity index (χ0) is 28.8. The van der Waals surface area contributed by atoms with Crippen LogP contribution in [0.4, 0.5) is 23.1 Å². The smallest absolute Gasteiger partial charge is 0.251 e. The molecule has 218 valence electrons. The van der Waals surface area contributed by atoms with Crippen molar-refractivity contribution >= 4 is 35.0 Å². The van der Waals surface area contributed by atoms with Crippen molar-refractivity contribution in [3.8, 4) is 5.75 Å². The lowest BCUT2D eigenvalue weighted by molar-refractivity contribution is -0.120. The number of carbonyl (C=O) groups excluding carboxylic acids is 2. The molecule has 2 aromatic rings. The third-order valence-corrected chi connectivity index (χ3v) is 8.18. The van der Waals surface area contributed by atoms with Crippen LogP contribution in [0.5, 0.6) is 5.75 Å². The molecule has 40 heavy (non-hydrogen) atoms. The summed E-state index contributed by atoms with van der Waals surface area (Å²) >= 11 is 0. The number of nitrogens with zero attached hydrogens (tertiary/aromatic N) is 5. The van der Waals surface area contributed by atoms with Gasteiger partial charge in [0.1, 0.15) is 17.5 Å². The van der Waals surface area contributed by atoms with Crippen LogP contribution >= 0.6 is 0 Å². The van der Waals surface area contributed by atoms with Gasteiger partial charge in [-0.3, -0.25) is 9.59 Å². The van der Waals surface area contributed by atoms with Crippen LogP contribution in [0.2, 0.25) is 0 Å². The van der Waals surface area contributed by atoms with E-state index in [2.05, 4.69) is 27.4 Å². The standard InChI is InChI=1S/C28H39N7O3.C2H6/c1-5-21-27(37)33(2)23-17-30-28(32-25(23)35(21)20-8-6-7-9-20)34(3)22-11-10-18(16-24(22)38-4)26(36)31-19-12-14-29-15-13-19;1-2/h10-11,16-17,19-21,29H,5-9,12-15H2,1-4H3,(H,31,36);1-2H3. The quantitative estimate of drug-likeness (QED) is 0.526. The summed E-state index contributed by atoms with van der Waals surface area (Å²) in [5.41, 5.74) is 2.05. The first-order valence-electron chi connectivity index (χ1n) is 14.8. The highest BCUT2D eigenvalue weighted by Gasteiger charge is 2.41. The summed E-state index contributed by atoms with van der Waals surface area (Å²) in [4.78, 5) is 41.5. The van der Waals surface area contributed by atoms with Crippen LogP contribution in [0.25, 0.3) is 0 Å². The molecule has 2 fully saturated rings. The first kappa shape index (κ1) is 29.6. The molecule has 5 rings (SSSR count). The molecule has 2 amide bonds. The van der Waals surface area contributed by atoms with E-state index in [1.807, 2.05) is 37.9 Å². The number of ether oxygens (including phenoxy) is 1. The Labute approximate surface area is 238 Å². The highest BCUT2D eigenvalue weighted by Crippen LogP contribution is 2.41. The maximum atomic E-state index is 13.2. The number of benzene rings is 1. The van der Waals surface area contributed by atoms with E-state index >= 15 is 0 Å². The third-order valence-electron chi connectivity index (χ3n) is 8.18. The van der Waals surface area contributed by atoms with Crippen molar-refractivity contribution < 1.29 is 14.3 Å². The summed E-state index contributed by atoms with van der Waals surface area (Å²) < 4.78 is 5.70. The van der Waals surface area contributed by atoms with Gasteiger partial charge in [0.15, 0.2) is 5.82 Å². The Morgan fingerprint density at radius 1 is 1.18 bits per heavy atom. The van der Waals surface area contributed by atoms with Gasteiger partial charge in [-0.1, -0.05) is 33.6 Å². The monoisotopic (exact) mass is 551 g/mol. The predicted octanol–water partition coefficient (Wildman–Crippen LogP) is 4.27. The van der Waals surface area contributed by atoms with Gasteiger partial charge >= 0.3 is 0 Å². The maximum absolute atomic E-state index is 13.2. The molecule has 2 N–H and O–H groups in total. The Balaban J connectivity index is 0.00000181. The SMILES string of the molecule is CC.CCC1C(=O)N(C)c2cnc(N(C)c3ccc(C(=O)NC4CCNCC4)cc3OC)nc2N1C1CCCC1. The van der Waals surface area contributed by atoms with Gasteiger partial charge in [0.25, 0.3) is 5.91 Å². The zero-order valence-electron chi connectivity index (χ0n) is 24.9. The van der Waals surface area contributed by atoms with Crippen molar-refractivity contribution in [1.82, 2.24) is 20.6 Å². The van der Waals surface area contributed by atoms with Gasteiger partial charge in [0.2, 0.25) is 11.9 Å². The fourth-order valence-electron chi connectivity index (χ4n) is 5.97. The van der Waals surface area contributed by atoms with E-state index in [9.17, 15) is 9.59 Å². The van der Waals surface area contributed by atoms with E-state index in [4.69, 9.17) is 9.72 Å². The number of rotatable bonds is 7. The summed E-state index contributed by atoms with van der Waals surface area (Å²) in [5.74, 6) is 1.88. The number of aromatic nitrogens is 2. The third kappa shape index (κ3) is 5.87. The van der Waals surface area contributed by atoms with E-state index in [1.165, 1.54) is 12.8 Å². The second-order valence-corrected chi connectivity index (χ2v) is 10.5. The van der Waals surface area contributed by atoms with Crippen LogP contribution in [0, 0.1) is 0 Å². The Kier molecular flexibility index (Phi) is 9.84. The van der Waals surface area contributed by atoms with E-state index in [0.29, 0.717) is 23.3 Å². The van der Waals surface area contributed by atoms with Gasteiger partial charge in [-0.05, 0) is 63.4 Å². The Bertz CT molecular complexity index is 1180. The minimum Gasteiger partial charge on any atom is -0.495 e. The summed E-state index contributed by atoms with van der Waals surface area (Å²) in [5, 5.41) is 6.46. The predicted molar refractivity (Wildman–Crippen MR) is 160 cm³/mol. The van der Waals surface area contributed by atoms with E-state index in [0.717, 1.165) is 62.4 Å². The molecule has 1 aromatic heterocycles. The molecule has 1 atom stereocenters. The Hall–Kier alpha value is -3.40. The molecule has 10 nitrogen and oxygen atoms in total. The number of likely N-dealkylation sites (N-methyl/N-ethyl adjacent to an activating group) is 1. The van der Waals surface area contributed by atoms with Gasteiger partial charge in [-0.25, -0.2) is 4.98 Å². The van der Waals surface area contributed by atoms with Gasteiger partial charge in [-0.15, -0.1) is 0 Å². The van der Waals surface area contributed by atoms with Crippen molar-refractivity contribution in [2.45, 2.75) is 83.8 Å². The van der Waals surface area contributed by atoms with Crippen molar-refractivity contribution in [1.29, 1.82) is 0 Å². The highest BCUT2D eigenvalue weighted by atomic mass is 16.5. The average molecular weight is 552 g/mol. The van der Waals surface area contributed by atoms with E-state index in [-0.39, 0.29) is 23.9 Å². The van der Waals surface area contributed by atoms with Crippen LogP contribution in [0.15, 0.2) is 24.4 Å². The molecule has 1 unspecified atom stereocenters. The van der Waals surface area contributed by atoms with Crippen molar-refractivity contribution in [2.24, 2.45) is 0 Å². The normalized spacial score (nSPS) is 19.6. The first-order valence-corrected chi connectivity index (χ1v) is 14.8. The minimum atomic E-state index is -0.226. The summed E-state index contributed by atoms with van der Waals surface area (Å²) in [6.07, 6.45) is 8.80. The molecular weight excluding hydrogens is 506 g/mol. The summed E-state index contributed by atoms with van der Waals surface area (Å²) in [6, 6.07) is 5.71. The minimum absolute atomic E-state index is 0.0941. The fourth-order valence-corrected chi connectivity index (χ4v) is 5.97. The molecule has 3 aliphatic rings. The molecule has 1 saturated heterocycles. The number of nitrogens with one attached hydrogen (secondary N) is 2. The number of hydrogen-bond acceptors (Lipinski definition) is 8. The van der Waals surface area contributed by atoms with E-state index < -0.39 is 0 Å². The fraction of sp³-hybridized carbons (Fsp3) is 0.600. The molecule has 1 aliphatic carbocycles. The number of fused-ring (bicyclic) bond motifs is 1. The van der Waals surface area contributed by atoms with Gasteiger partial charge in [0, 0.05) is 31.7 Å². The summed E-state index contributed by atoms with van der Waals surface area (Å²) in [7, 11) is 5.30. The lowest BCUT2D eigenvalue weighted by atomic mass is 10.0. The van der Waals surface area contributed by atoms with Crippen LogP contribution in [-0.4, -0.2) is 74.2 Å². The van der Waals surface area contributed by atoms with Crippen molar-refractivity contribution in [3.63, 3.8) is 0 Å². The van der Waals surface area contributed by atoms with Crippen LogP contribution in [0.1, 0.15) is 76.1 Å². The molecule has 10 heteroatoms. The molecule has 1 aromatic carbocycles. The molecule has 0 radical (unpaired) electrons. The molecular formula is C30H45N7O3. The molecule has 1 saturated carbocycles. The Morgan fingerprint density at radius 2 is 1.88 bits per heavy atom. The van der Waals surface area contributed by atoms with Crippen LogP contribution < -0.4 is 30.1 Å². The van der Waals surface area contributed by atoms with Crippen LogP contribution in [-0.2, 0) is 4.79 Å². The van der Waals surface area contributed by atoms with Gasteiger partial charge in [0.05, 0.1) is 19.0 Å². The summed E-state index contributed by atoms with van der Waals surface area (Å²) in [6.45, 7) is 7.89. The number of methoxy groups -OCH3 is 1. The number of amides is 2. The molecule has 0 bridgehead atoms. The first-order chi connectivity index (χ1) is 19.4. The Morgan fingerprint density at radius 3 is 2.52 bits per heavy atom. The average Bonchev–Trinajstić information content (AvgIpc) is 3.54. The van der Waals surface area contributed by atoms with Crippen molar-refractivity contribution in [3.05, 3.63) is 30.0 Å². The van der Waals surface area contributed by atoms with E-state index in [1.54, 1.807) is 31.3 Å². The second kappa shape index (κ2) is 13.3. The zero-order valence-corrected chi connectivity index (χ0v) is 24.9. The molecule has 2 aliphatic heterocycles. The van der Waals surface area contributed by atoms with Gasteiger partial charge in [-0.2, -0.15) is 4.98 Å². The number of piperidine rings is 1. The van der Waals surface area contributed by atoms with Gasteiger partial charge < -0.3 is 30.1 Å². The largest absolute Gasteiger partial charge is 0.495 e. The lowest BCUT2D eigenvalue weighted by Crippen LogP contribution is -2.55. The topological polar surface area (TPSA) is 103 Å². The highest BCUT2D eigenvalue weighted by molar-refractivity contribution is 6.04. The number of carbonyl (C=O) groups is 2. The van der Waals surface area contributed by atoms with Crippen LogP contribution in [0.3, 0.4) is 0 Å². The second-order valence-electron chi connectivity index (χ2n) is 10.5. The number of anilines is 4. The number of hydrogen-bond donors (Lipinski definition) is 2. The lowest BCUT2D eigenvalue weighted by Gasteiger charge is -2.43.